The Balaban J connectivity index is 1.66. The molecule has 1 amide bonds. The van der Waals surface area contributed by atoms with Crippen molar-refractivity contribution < 1.29 is 13.2 Å². The Hall–Kier alpha value is -1.86. The fourth-order valence-electron chi connectivity index (χ4n) is 3.50. The molecule has 1 unspecified atom stereocenters. The normalized spacial score (nSPS) is 16.7. The Morgan fingerprint density at radius 2 is 1.82 bits per heavy atom. The molecular weight excluding hydrogens is 440 g/mol. The van der Waals surface area contributed by atoms with E-state index in [4.69, 9.17) is 0 Å². The van der Waals surface area contributed by atoms with Crippen LogP contribution in [0.4, 0.5) is 5.69 Å². The molecule has 1 aliphatic rings. The number of hydrogen-bond donors (Lipinski definition) is 1. The van der Waals surface area contributed by atoms with Gasteiger partial charge in [0.15, 0.2) is 9.84 Å². The highest BCUT2D eigenvalue weighted by atomic mass is 79.9. The van der Waals surface area contributed by atoms with E-state index in [1.165, 1.54) is 37.2 Å². The third-order valence-electron chi connectivity index (χ3n) is 5.33. The zero-order valence-electron chi connectivity index (χ0n) is 16.3. The lowest BCUT2D eigenvalue weighted by Gasteiger charge is -2.27. The first kappa shape index (κ1) is 20.9. The molecule has 0 bridgehead atoms. The fraction of sp³-hybridized carbons (Fsp3) is 0.381. The minimum absolute atomic E-state index is 0.137. The number of nitrogens with zero attached hydrogens (tertiary/aromatic N) is 1. The summed E-state index contributed by atoms with van der Waals surface area (Å²) in [5, 5.41) is 2.82. The van der Waals surface area contributed by atoms with Crippen LogP contribution >= 0.6 is 15.9 Å². The summed E-state index contributed by atoms with van der Waals surface area (Å²) in [6.45, 7) is 6.08. The van der Waals surface area contributed by atoms with Gasteiger partial charge in [0.05, 0.1) is 4.90 Å². The van der Waals surface area contributed by atoms with E-state index < -0.39 is 20.5 Å². The van der Waals surface area contributed by atoms with Gasteiger partial charge in [0, 0.05) is 29.3 Å². The van der Waals surface area contributed by atoms with E-state index in [2.05, 4.69) is 45.2 Å². The number of sulfone groups is 1. The van der Waals surface area contributed by atoms with Crippen molar-refractivity contribution in [3.05, 3.63) is 58.6 Å². The molecule has 0 spiro atoms. The molecule has 0 fully saturated rings. The van der Waals surface area contributed by atoms with Gasteiger partial charge >= 0.3 is 0 Å². The first-order valence-corrected chi connectivity index (χ1v) is 11.6. The maximum absolute atomic E-state index is 13.0. The minimum atomic E-state index is -3.81. The van der Waals surface area contributed by atoms with Crippen LogP contribution in [0.25, 0.3) is 0 Å². The number of hydrogen-bond acceptors (Lipinski definition) is 4. The number of fused-ring (bicyclic) bond motifs is 1. The minimum Gasteiger partial charge on any atom is -0.367 e. The maximum Gasteiger partial charge on any atom is 0.241 e. The predicted octanol–water partition coefficient (Wildman–Crippen LogP) is 3.57. The SMILES string of the molecule is CC1Cc2ccccc2N1CCNC(=O)C(C)(C)S(=O)(=O)c1ccc(Br)cc1. The Labute approximate surface area is 175 Å². The summed E-state index contributed by atoms with van der Waals surface area (Å²) in [6.07, 6.45) is 0.980. The molecule has 0 aliphatic carbocycles. The zero-order valence-corrected chi connectivity index (χ0v) is 18.7. The molecule has 0 saturated heterocycles. The van der Waals surface area contributed by atoms with Gasteiger partial charge in [-0.2, -0.15) is 0 Å². The van der Waals surface area contributed by atoms with Crippen molar-refractivity contribution in [2.45, 2.75) is 42.9 Å². The van der Waals surface area contributed by atoms with Crippen LogP contribution in [0.15, 0.2) is 57.9 Å². The number of halogens is 1. The molecule has 28 heavy (non-hydrogen) atoms. The average molecular weight is 465 g/mol. The molecule has 1 atom stereocenters. The van der Waals surface area contributed by atoms with Gasteiger partial charge in [0.2, 0.25) is 5.91 Å². The van der Waals surface area contributed by atoms with Crippen LogP contribution in [-0.4, -0.2) is 38.2 Å². The van der Waals surface area contributed by atoms with Crippen LogP contribution < -0.4 is 10.2 Å². The molecule has 7 heteroatoms. The van der Waals surface area contributed by atoms with Crippen LogP contribution in [0.3, 0.4) is 0 Å². The Kier molecular flexibility index (Phi) is 5.87. The van der Waals surface area contributed by atoms with Gasteiger partial charge < -0.3 is 10.2 Å². The number of amides is 1. The van der Waals surface area contributed by atoms with Gasteiger partial charge in [-0.1, -0.05) is 34.1 Å². The molecule has 2 aromatic carbocycles. The van der Waals surface area contributed by atoms with Crippen LogP contribution in [0.5, 0.6) is 0 Å². The standard InChI is InChI=1S/C21H25BrN2O3S/c1-15-14-16-6-4-5-7-19(16)24(15)13-12-23-20(25)21(2,3)28(26,27)18-10-8-17(22)9-11-18/h4-11,15H,12-14H2,1-3H3,(H,23,25). The monoisotopic (exact) mass is 464 g/mol. The summed E-state index contributed by atoms with van der Waals surface area (Å²) in [4.78, 5) is 15.1. The highest BCUT2D eigenvalue weighted by Gasteiger charge is 2.42. The van der Waals surface area contributed by atoms with Gasteiger partial charge in [-0.05, 0) is 63.1 Å². The first-order valence-electron chi connectivity index (χ1n) is 9.27. The molecule has 2 aromatic rings. The van der Waals surface area contributed by atoms with Crippen LogP contribution in [0.2, 0.25) is 0 Å². The molecule has 1 N–H and O–H groups in total. The number of benzene rings is 2. The van der Waals surface area contributed by atoms with E-state index in [1.54, 1.807) is 12.1 Å². The second-order valence-corrected chi connectivity index (χ2v) is 11.0. The van der Waals surface area contributed by atoms with E-state index in [-0.39, 0.29) is 4.90 Å². The molecular formula is C21H25BrN2O3S. The highest BCUT2D eigenvalue weighted by Crippen LogP contribution is 2.31. The van der Waals surface area contributed by atoms with Crippen molar-refractivity contribution in [2.75, 3.05) is 18.0 Å². The molecule has 0 saturated carbocycles. The molecule has 1 aliphatic heterocycles. The summed E-state index contributed by atoms with van der Waals surface area (Å²) in [5.41, 5.74) is 2.49. The summed E-state index contributed by atoms with van der Waals surface area (Å²) in [5.74, 6) is -0.490. The zero-order chi connectivity index (χ0) is 20.5. The number of anilines is 1. The van der Waals surface area contributed by atoms with Crippen molar-refractivity contribution in [1.82, 2.24) is 5.32 Å². The molecule has 150 valence electrons. The summed E-state index contributed by atoms with van der Waals surface area (Å²) in [7, 11) is -3.81. The van der Waals surface area contributed by atoms with E-state index in [0.29, 0.717) is 19.1 Å². The van der Waals surface area contributed by atoms with Gasteiger partial charge in [0.1, 0.15) is 4.75 Å². The van der Waals surface area contributed by atoms with Crippen molar-refractivity contribution in [3.8, 4) is 0 Å². The third-order valence-corrected chi connectivity index (χ3v) is 8.28. The molecule has 0 radical (unpaired) electrons. The van der Waals surface area contributed by atoms with E-state index >= 15 is 0 Å². The van der Waals surface area contributed by atoms with Crippen molar-refractivity contribution in [3.63, 3.8) is 0 Å². The van der Waals surface area contributed by atoms with Gasteiger partial charge in [0.25, 0.3) is 0 Å². The van der Waals surface area contributed by atoms with E-state index in [1.807, 2.05) is 12.1 Å². The van der Waals surface area contributed by atoms with Gasteiger partial charge in [-0.3, -0.25) is 4.79 Å². The Morgan fingerprint density at radius 3 is 2.50 bits per heavy atom. The number of nitrogens with one attached hydrogen (secondary N) is 1. The molecule has 0 aromatic heterocycles. The smallest absolute Gasteiger partial charge is 0.241 e. The predicted molar refractivity (Wildman–Crippen MR) is 115 cm³/mol. The van der Waals surface area contributed by atoms with Crippen molar-refractivity contribution in [1.29, 1.82) is 0 Å². The van der Waals surface area contributed by atoms with Crippen LogP contribution in [0.1, 0.15) is 26.3 Å². The lowest BCUT2D eigenvalue weighted by Crippen LogP contribution is -2.50. The van der Waals surface area contributed by atoms with Crippen molar-refractivity contribution >= 4 is 37.4 Å². The van der Waals surface area contributed by atoms with Gasteiger partial charge in [-0.25, -0.2) is 8.42 Å². The van der Waals surface area contributed by atoms with Crippen LogP contribution in [-0.2, 0) is 21.1 Å². The first-order chi connectivity index (χ1) is 13.1. The van der Waals surface area contributed by atoms with E-state index in [9.17, 15) is 13.2 Å². The number of para-hydroxylation sites is 1. The van der Waals surface area contributed by atoms with Gasteiger partial charge in [-0.15, -0.1) is 0 Å². The lowest BCUT2D eigenvalue weighted by molar-refractivity contribution is -0.122. The van der Waals surface area contributed by atoms with Crippen molar-refractivity contribution in [2.24, 2.45) is 0 Å². The third kappa shape index (κ3) is 3.82. The highest BCUT2D eigenvalue weighted by molar-refractivity contribution is 9.10. The topological polar surface area (TPSA) is 66.5 Å². The number of carbonyl (C=O) groups is 1. The molecule has 5 nitrogen and oxygen atoms in total. The molecule has 1 heterocycles. The summed E-state index contributed by atoms with van der Waals surface area (Å²) >= 11 is 3.30. The molecule has 3 rings (SSSR count). The Bertz CT molecular complexity index is 971. The number of carbonyl (C=O) groups excluding carboxylic acids is 1. The lowest BCUT2D eigenvalue weighted by atomic mass is 10.1. The second kappa shape index (κ2) is 7.87. The number of rotatable bonds is 6. The summed E-state index contributed by atoms with van der Waals surface area (Å²) in [6, 6.07) is 15.0. The largest absolute Gasteiger partial charge is 0.367 e. The summed E-state index contributed by atoms with van der Waals surface area (Å²) < 4.78 is 25.1. The average Bonchev–Trinajstić information content (AvgIpc) is 2.97. The Morgan fingerprint density at radius 1 is 1.18 bits per heavy atom. The second-order valence-electron chi connectivity index (χ2n) is 7.60. The maximum atomic E-state index is 13.0. The quantitative estimate of drug-likeness (QED) is 0.709. The van der Waals surface area contributed by atoms with Crippen LogP contribution in [0, 0.1) is 0 Å². The fourth-order valence-corrected chi connectivity index (χ4v) is 5.17. The van der Waals surface area contributed by atoms with E-state index in [0.717, 1.165) is 10.9 Å².